The molecule has 5 rings (SSSR count). The second-order valence-electron chi connectivity index (χ2n) is 8.60. The molecule has 2 aromatic heterocycles. The van der Waals surface area contributed by atoms with Crippen molar-refractivity contribution in [1.82, 2.24) is 19.7 Å². The summed E-state index contributed by atoms with van der Waals surface area (Å²) in [5, 5.41) is 38.7. The number of rotatable bonds is 3. The van der Waals surface area contributed by atoms with E-state index >= 15 is 0 Å². The normalized spacial score (nSPS) is 26.0. The van der Waals surface area contributed by atoms with Gasteiger partial charge in [-0.25, -0.2) is 9.67 Å². The van der Waals surface area contributed by atoms with Gasteiger partial charge in [-0.2, -0.15) is 10.1 Å². The van der Waals surface area contributed by atoms with E-state index in [0.29, 0.717) is 38.1 Å². The Hall–Kier alpha value is -2.80. The molecule has 1 saturated heterocycles. The van der Waals surface area contributed by atoms with Gasteiger partial charge in [0.1, 0.15) is 5.70 Å². The molecule has 2 fully saturated rings. The quantitative estimate of drug-likeness (QED) is 0.316. The van der Waals surface area contributed by atoms with Crippen LogP contribution in [0.5, 0.6) is 0 Å². The number of hydrogen-bond donors (Lipinski definition) is 5. The first-order chi connectivity index (χ1) is 15.2. The van der Waals surface area contributed by atoms with Gasteiger partial charge in [-0.1, -0.05) is 0 Å². The van der Waals surface area contributed by atoms with Crippen LogP contribution in [-0.2, 0) is 16.0 Å². The molecule has 12 heteroatoms. The maximum absolute atomic E-state index is 10.2. The second-order valence-corrected chi connectivity index (χ2v) is 8.60. The molecular formula is C20H27N7O5. The van der Waals surface area contributed by atoms with Crippen LogP contribution in [0.4, 0.5) is 5.95 Å². The van der Waals surface area contributed by atoms with E-state index in [9.17, 15) is 15.3 Å². The molecule has 1 unspecified atom stereocenters. The van der Waals surface area contributed by atoms with Gasteiger partial charge in [0, 0.05) is 25.8 Å². The van der Waals surface area contributed by atoms with Crippen molar-refractivity contribution >= 4 is 22.7 Å². The Balaban J connectivity index is 1.56. The fourth-order valence-electron chi connectivity index (χ4n) is 4.24. The number of hydrogen-bond acceptors (Lipinski definition) is 11. The van der Waals surface area contributed by atoms with Crippen LogP contribution >= 0.6 is 0 Å². The molecule has 1 aliphatic carbocycles. The summed E-state index contributed by atoms with van der Waals surface area (Å²) in [6.45, 7) is 3.19. The summed E-state index contributed by atoms with van der Waals surface area (Å²) in [6, 6.07) is -0.278. The summed E-state index contributed by atoms with van der Waals surface area (Å²) < 4.78 is 13.2. The summed E-state index contributed by atoms with van der Waals surface area (Å²) in [5.74, 6) is -3.28. The molecule has 2 aromatic rings. The molecule has 12 nitrogen and oxygen atoms in total. The highest BCUT2D eigenvalue weighted by molar-refractivity contribution is 6.06. The number of nitrogens with two attached hydrogens (primary N) is 1. The first-order valence-corrected chi connectivity index (χ1v) is 10.7. The molecule has 2 aliphatic heterocycles. The van der Waals surface area contributed by atoms with Crippen LogP contribution in [-0.4, -0.2) is 71.6 Å². The zero-order chi connectivity index (χ0) is 22.5. The monoisotopic (exact) mass is 445 g/mol. The number of aliphatic hydroxyl groups is 3. The highest BCUT2D eigenvalue weighted by atomic mass is 16.7. The van der Waals surface area contributed by atoms with Gasteiger partial charge in [-0.3, -0.25) is 4.99 Å². The van der Waals surface area contributed by atoms with Crippen molar-refractivity contribution in [2.24, 2.45) is 10.7 Å². The van der Waals surface area contributed by atoms with Crippen molar-refractivity contribution in [3.8, 4) is 0 Å². The van der Waals surface area contributed by atoms with E-state index < -0.39 is 11.7 Å². The number of nitrogens with one attached hydrogen (secondary N) is 1. The number of fused-ring (bicyclic) bond motifs is 1. The van der Waals surface area contributed by atoms with E-state index in [4.69, 9.17) is 15.2 Å². The van der Waals surface area contributed by atoms with Crippen LogP contribution in [0.25, 0.3) is 11.0 Å². The van der Waals surface area contributed by atoms with Crippen LogP contribution < -0.4 is 11.1 Å². The fraction of sp³-hybridized carbons (Fsp3) is 0.600. The Kier molecular flexibility index (Phi) is 5.04. The maximum Gasteiger partial charge on any atom is 0.324 e. The number of aromatic nitrogens is 4. The molecule has 3 aliphatic rings. The Labute approximate surface area is 183 Å². The molecule has 172 valence electrons. The lowest BCUT2D eigenvalue weighted by Gasteiger charge is -2.29. The topological polar surface area (TPSA) is 173 Å². The third kappa shape index (κ3) is 4.01. The van der Waals surface area contributed by atoms with Crippen molar-refractivity contribution in [2.45, 2.75) is 63.2 Å². The third-order valence-corrected chi connectivity index (χ3v) is 6.07. The Morgan fingerprint density at radius 3 is 2.91 bits per heavy atom. The third-order valence-electron chi connectivity index (χ3n) is 6.07. The molecule has 2 bridgehead atoms. The predicted molar refractivity (Wildman–Crippen MR) is 113 cm³/mol. The van der Waals surface area contributed by atoms with Crippen LogP contribution in [0.15, 0.2) is 22.8 Å². The molecule has 4 heterocycles. The standard InChI is InChI=1S/C20H27N7O5/c1-11-13-10-22-18-24-14(16(21)31-7-2-6-27(26-11)17(13)25-18)15(20(28,29)30)23-12-3-8-32-19(9-12)4-5-19/h10,12,28-30H,2-9,21H2,1H3,(H,22,24,25)/b16-14-,23-15?. The fourth-order valence-corrected chi connectivity index (χ4v) is 4.24. The minimum absolute atomic E-state index is 0.0992. The minimum atomic E-state index is -3.26. The van der Waals surface area contributed by atoms with Gasteiger partial charge in [0.2, 0.25) is 11.8 Å². The average molecular weight is 445 g/mol. The van der Waals surface area contributed by atoms with Crippen molar-refractivity contribution in [2.75, 3.05) is 18.5 Å². The van der Waals surface area contributed by atoms with Gasteiger partial charge < -0.3 is 35.8 Å². The highest BCUT2D eigenvalue weighted by Crippen LogP contribution is 2.47. The lowest BCUT2D eigenvalue weighted by atomic mass is 10.0. The Morgan fingerprint density at radius 2 is 2.16 bits per heavy atom. The van der Waals surface area contributed by atoms with Gasteiger partial charge in [-0.15, -0.1) is 0 Å². The van der Waals surface area contributed by atoms with Gasteiger partial charge in [0.15, 0.2) is 11.4 Å². The number of aliphatic imine (C=N–C) groups is 1. The molecule has 1 saturated carbocycles. The molecule has 32 heavy (non-hydrogen) atoms. The zero-order valence-corrected chi connectivity index (χ0v) is 17.8. The van der Waals surface area contributed by atoms with Gasteiger partial charge in [0.05, 0.1) is 29.3 Å². The van der Waals surface area contributed by atoms with E-state index in [1.807, 2.05) is 6.92 Å². The summed E-state index contributed by atoms with van der Waals surface area (Å²) in [7, 11) is 0. The van der Waals surface area contributed by atoms with Crippen LogP contribution in [0, 0.1) is 6.92 Å². The Bertz CT molecular complexity index is 1100. The number of ether oxygens (including phenoxy) is 2. The SMILES string of the molecule is Cc1nn2c3nc(ncc13)N/C(C(=NC1CCOC3(CC3)C1)C(O)(O)O)=C(/N)OCCC2. The van der Waals surface area contributed by atoms with E-state index in [1.54, 1.807) is 10.9 Å². The Morgan fingerprint density at radius 1 is 1.34 bits per heavy atom. The number of nitrogens with zero attached hydrogens (tertiary/aromatic N) is 5. The largest absolute Gasteiger partial charge is 0.478 e. The van der Waals surface area contributed by atoms with Crippen LogP contribution in [0.2, 0.25) is 0 Å². The molecule has 6 N–H and O–H groups in total. The van der Waals surface area contributed by atoms with E-state index in [1.165, 1.54) is 0 Å². The maximum atomic E-state index is 10.2. The average Bonchev–Trinajstić information content (AvgIpc) is 3.41. The van der Waals surface area contributed by atoms with Crippen LogP contribution in [0.3, 0.4) is 0 Å². The van der Waals surface area contributed by atoms with Crippen molar-refractivity contribution in [1.29, 1.82) is 0 Å². The molecule has 0 amide bonds. The van der Waals surface area contributed by atoms with E-state index in [-0.39, 0.29) is 35.8 Å². The molecule has 0 aromatic carbocycles. The molecule has 1 atom stereocenters. The van der Waals surface area contributed by atoms with Crippen molar-refractivity contribution in [3.05, 3.63) is 23.5 Å². The first kappa shape index (κ1) is 21.1. The summed E-state index contributed by atoms with van der Waals surface area (Å²) >= 11 is 0. The predicted octanol–water partition coefficient (Wildman–Crippen LogP) is -0.122. The number of anilines is 1. The van der Waals surface area contributed by atoms with Gasteiger partial charge in [0.25, 0.3) is 0 Å². The van der Waals surface area contributed by atoms with E-state index in [2.05, 4.69) is 25.4 Å². The number of aryl methyl sites for hydroxylation is 2. The first-order valence-electron chi connectivity index (χ1n) is 10.7. The smallest absolute Gasteiger partial charge is 0.324 e. The lowest BCUT2D eigenvalue weighted by Crippen LogP contribution is -2.44. The molecular weight excluding hydrogens is 418 g/mol. The summed E-state index contributed by atoms with van der Waals surface area (Å²) in [4.78, 5) is 13.3. The highest BCUT2D eigenvalue weighted by Gasteiger charge is 2.48. The lowest BCUT2D eigenvalue weighted by molar-refractivity contribution is -0.255. The summed E-state index contributed by atoms with van der Waals surface area (Å²) in [6.07, 6.45) is 5.32. The zero-order valence-electron chi connectivity index (χ0n) is 17.8. The van der Waals surface area contributed by atoms with E-state index in [0.717, 1.165) is 23.9 Å². The van der Waals surface area contributed by atoms with Crippen molar-refractivity contribution in [3.63, 3.8) is 0 Å². The van der Waals surface area contributed by atoms with Gasteiger partial charge in [-0.05, 0) is 32.6 Å². The van der Waals surface area contributed by atoms with Crippen molar-refractivity contribution < 1.29 is 24.8 Å². The molecule has 1 spiro atoms. The summed E-state index contributed by atoms with van der Waals surface area (Å²) in [5.41, 5.74) is 6.84. The van der Waals surface area contributed by atoms with Gasteiger partial charge >= 0.3 is 5.97 Å². The minimum Gasteiger partial charge on any atom is -0.478 e. The van der Waals surface area contributed by atoms with Crippen LogP contribution in [0.1, 0.15) is 37.8 Å². The molecule has 0 radical (unpaired) electrons. The second kappa shape index (κ2) is 7.66.